The fourth-order valence-electron chi connectivity index (χ4n) is 3.46. The van der Waals surface area contributed by atoms with E-state index in [0.29, 0.717) is 0 Å². The zero-order valence-corrected chi connectivity index (χ0v) is 18.8. The van der Waals surface area contributed by atoms with Crippen LogP contribution in [0.15, 0.2) is 0 Å². The molecule has 5 nitrogen and oxygen atoms in total. The number of nitrogens with zero attached hydrogens (tertiary/aromatic N) is 2. The van der Waals surface area contributed by atoms with Gasteiger partial charge in [-0.25, -0.2) is 0 Å². The van der Waals surface area contributed by atoms with Gasteiger partial charge in [0.25, 0.3) is 0 Å². The second kappa shape index (κ2) is 21.5. The molecule has 0 aromatic carbocycles. The molecule has 0 amide bonds. The molecule has 0 saturated heterocycles. The molecule has 5 heteroatoms. The minimum Gasteiger partial charge on any atom is -0.356 e. The summed E-state index contributed by atoms with van der Waals surface area (Å²) in [5.41, 5.74) is 0. The fourth-order valence-corrected chi connectivity index (χ4v) is 3.46. The smallest absolute Gasteiger partial charge is 0.0782 e. The fraction of sp³-hybridized carbons (Fsp3) is 1.00. The predicted molar refractivity (Wildman–Crippen MR) is 117 cm³/mol. The van der Waals surface area contributed by atoms with Gasteiger partial charge in [0.15, 0.2) is 0 Å². The van der Waals surface area contributed by atoms with Crippen LogP contribution in [-0.2, 0) is 0 Å². The van der Waals surface area contributed by atoms with Crippen molar-refractivity contribution in [1.29, 1.82) is 0 Å². The van der Waals surface area contributed by atoms with Crippen molar-refractivity contribution in [2.24, 2.45) is 0 Å². The number of hydrogen-bond donors (Lipinski definition) is 0. The van der Waals surface area contributed by atoms with Gasteiger partial charge in [-0.3, -0.25) is 0 Å². The van der Waals surface area contributed by atoms with Crippen molar-refractivity contribution in [2.75, 3.05) is 27.2 Å². The Kier molecular flexibility index (Phi) is 22.5. The van der Waals surface area contributed by atoms with Crippen molar-refractivity contribution in [3.63, 3.8) is 0 Å². The molecule has 0 radical (unpaired) electrons. The minimum absolute atomic E-state index is 1.24. The third kappa shape index (κ3) is 30.1. The maximum atomic E-state index is 8.25. The number of hydrogen-bond acceptors (Lipinski definition) is 3. The summed E-state index contributed by atoms with van der Waals surface area (Å²) in [6.07, 6.45) is 23.0. The van der Waals surface area contributed by atoms with E-state index in [4.69, 9.17) is 15.3 Å². The third-order valence-corrected chi connectivity index (χ3v) is 5.23. The number of rotatable bonds is 18. The van der Waals surface area contributed by atoms with Crippen LogP contribution in [0.5, 0.6) is 0 Å². The van der Waals surface area contributed by atoms with E-state index in [1.165, 1.54) is 120 Å². The van der Waals surface area contributed by atoms with Crippen LogP contribution in [0.1, 0.15) is 117 Å². The molecule has 0 aliphatic rings. The van der Waals surface area contributed by atoms with Crippen LogP contribution < -0.4 is 0 Å². The Morgan fingerprint density at radius 1 is 0.556 bits per heavy atom. The lowest BCUT2D eigenvalue weighted by Gasteiger charge is -2.30. The van der Waals surface area contributed by atoms with Gasteiger partial charge < -0.3 is 19.8 Å². The first-order valence-corrected chi connectivity index (χ1v) is 11.5. The van der Waals surface area contributed by atoms with Crippen molar-refractivity contribution in [2.45, 2.75) is 117 Å². The van der Waals surface area contributed by atoms with E-state index < -0.39 is 5.09 Å². The summed E-state index contributed by atoms with van der Waals surface area (Å²) in [5.74, 6) is 0. The maximum Gasteiger partial charge on any atom is 0.0782 e. The predicted octanol–water partition coefficient (Wildman–Crippen LogP) is 7.11. The average molecular weight is 389 g/mol. The van der Waals surface area contributed by atoms with Gasteiger partial charge in [0, 0.05) is 0 Å². The summed E-state index contributed by atoms with van der Waals surface area (Å²) in [6.45, 7) is 7.36. The van der Waals surface area contributed by atoms with Gasteiger partial charge >= 0.3 is 0 Å². The molecule has 0 aromatic heterocycles. The molecule has 0 aromatic rings. The largest absolute Gasteiger partial charge is 0.356 e. The highest BCUT2D eigenvalue weighted by Crippen LogP contribution is 2.13. The van der Waals surface area contributed by atoms with Crippen molar-refractivity contribution < 1.29 is 9.57 Å². The van der Waals surface area contributed by atoms with E-state index in [9.17, 15) is 0 Å². The summed E-state index contributed by atoms with van der Waals surface area (Å²) in [5, 5.41) is 14.8. The second-order valence-corrected chi connectivity index (χ2v) is 8.56. The zero-order valence-electron chi connectivity index (χ0n) is 18.8. The lowest BCUT2D eigenvalue weighted by atomic mass is 10.1. The minimum atomic E-state index is -1.75. The number of unbranched alkanes of at least 4 members (excludes halogenated alkanes) is 14. The van der Waals surface area contributed by atoms with Crippen LogP contribution in [0.4, 0.5) is 0 Å². The van der Waals surface area contributed by atoms with Gasteiger partial charge in [0.1, 0.15) is 0 Å². The van der Waals surface area contributed by atoms with Gasteiger partial charge in [-0.05, 0) is 25.7 Å². The lowest BCUT2D eigenvalue weighted by molar-refractivity contribution is -0.890. The van der Waals surface area contributed by atoms with E-state index in [-0.39, 0.29) is 0 Å². The second-order valence-electron chi connectivity index (χ2n) is 8.56. The molecule has 0 aliphatic heterocycles. The van der Waals surface area contributed by atoms with Crippen LogP contribution in [-0.4, -0.2) is 36.8 Å². The van der Waals surface area contributed by atoms with Crippen molar-refractivity contribution in [3.8, 4) is 0 Å². The highest BCUT2D eigenvalue weighted by molar-refractivity contribution is 4.48. The molecule has 0 saturated carbocycles. The Balaban J connectivity index is 0. The Morgan fingerprint density at radius 2 is 0.778 bits per heavy atom. The maximum absolute atomic E-state index is 8.25. The van der Waals surface area contributed by atoms with Gasteiger partial charge in [-0.2, -0.15) is 0 Å². The molecule has 0 aliphatic carbocycles. The van der Waals surface area contributed by atoms with Gasteiger partial charge in [-0.15, -0.1) is 0 Å². The zero-order chi connectivity index (χ0) is 20.8. The van der Waals surface area contributed by atoms with Gasteiger partial charge in [0.2, 0.25) is 0 Å². The van der Waals surface area contributed by atoms with Crippen molar-refractivity contribution >= 4 is 0 Å². The topological polar surface area (TPSA) is 66.2 Å². The van der Waals surface area contributed by atoms with E-state index >= 15 is 0 Å². The highest BCUT2D eigenvalue weighted by Gasteiger charge is 2.13. The van der Waals surface area contributed by atoms with Crippen LogP contribution in [0.3, 0.4) is 0 Å². The quantitative estimate of drug-likeness (QED) is 0.109. The lowest BCUT2D eigenvalue weighted by Crippen LogP contribution is -2.41. The highest BCUT2D eigenvalue weighted by atomic mass is 16.9. The summed E-state index contributed by atoms with van der Waals surface area (Å²) >= 11 is 0. The Bertz CT molecular complexity index is 284. The molecule has 0 unspecified atom stereocenters. The Morgan fingerprint density at radius 3 is 1.04 bits per heavy atom. The molecule has 0 spiro atoms. The summed E-state index contributed by atoms with van der Waals surface area (Å²) in [4.78, 5) is 8.25. The number of quaternary nitrogens is 1. The van der Waals surface area contributed by atoms with Gasteiger partial charge in [-0.1, -0.05) is 90.9 Å². The van der Waals surface area contributed by atoms with Crippen LogP contribution in [0.25, 0.3) is 0 Å². The van der Waals surface area contributed by atoms with E-state index in [1.54, 1.807) is 0 Å². The van der Waals surface area contributed by atoms with Crippen molar-refractivity contribution in [3.05, 3.63) is 15.3 Å². The average Bonchev–Trinajstić information content (AvgIpc) is 2.59. The molecule has 0 N–H and O–H groups in total. The molecule has 0 heterocycles. The molecule has 27 heavy (non-hydrogen) atoms. The standard InChI is InChI=1S/C22H48N.NO3/c1-5-7-9-11-13-15-17-19-21-23(3,4)22-20-18-16-14-12-10-8-6-2;2-1(3)4/h5-22H2,1-4H3;/q+1;-1. The Hall–Kier alpha value is -0.840. The summed E-state index contributed by atoms with van der Waals surface area (Å²) in [6, 6.07) is 0. The third-order valence-electron chi connectivity index (χ3n) is 5.23. The van der Waals surface area contributed by atoms with Gasteiger partial charge in [0.05, 0.1) is 32.3 Å². The Labute approximate surface area is 169 Å². The van der Waals surface area contributed by atoms with Crippen molar-refractivity contribution in [1.82, 2.24) is 0 Å². The van der Waals surface area contributed by atoms with Crippen LogP contribution in [0.2, 0.25) is 0 Å². The van der Waals surface area contributed by atoms with E-state index in [1.807, 2.05) is 0 Å². The summed E-state index contributed by atoms with van der Waals surface area (Å²) in [7, 11) is 4.87. The molecular weight excluding hydrogens is 340 g/mol. The monoisotopic (exact) mass is 388 g/mol. The molecule has 0 rings (SSSR count). The summed E-state index contributed by atoms with van der Waals surface area (Å²) < 4.78 is 1.24. The van der Waals surface area contributed by atoms with Crippen LogP contribution >= 0.6 is 0 Å². The molecule has 0 bridgehead atoms. The first-order chi connectivity index (χ1) is 12.9. The van der Waals surface area contributed by atoms with E-state index in [2.05, 4.69) is 27.9 Å². The SMILES string of the molecule is CCCCCCCCCC[N+](C)(C)CCCCCCCCCC.O=[N+]([O-])[O-]. The molecule has 164 valence electrons. The normalized spacial score (nSPS) is 11.1. The first kappa shape index (κ1) is 28.4. The molecular formula is C22H48N2O3. The van der Waals surface area contributed by atoms with Crippen LogP contribution in [0, 0.1) is 15.3 Å². The first-order valence-electron chi connectivity index (χ1n) is 11.5. The molecule has 0 atom stereocenters. The molecule has 0 fully saturated rings. The van der Waals surface area contributed by atoms with E-state index in [0.717, 1.165) is 0 Å².